The predicted molar refractivity (Wildman–Crippen MR) is 55.5 cm³/mol. The van der Waals surface area contributed by atoms with Crippen molar-refractivity contribution in [3.8, 4) is 0 Å². The Kier molecular flexibility index (Phi) is 5.00. The number of hydrogen-bond donors (Lipinski definition) is 2. The number of alkyl halides is 2. The van der Waals surface area contributed by atoms with Gasteiger partial charge in [-0.25, -0.2) is 18.7 Å². The van der Waals surface area contributed by atoms with Gasteiger partial charge >= 0.3 is 0 Å². The van der Waals surface area contributed by atoms with Crippen molar-refractivity contribution in [2.75, 3.05) is 13.1 Å². The summed E-state index contributed by atoms with van der Waals surface area (Å²) in [6.45, 7) is 0.631. The van der Waals surface area contributed by atoms with Crippen molar-refractivity contribution in [1.82, 2.24) is 15.3 Å². The van der Waals surface area contributed by atoms with Crippen LogP contribution >= 0.6 is 15.9 Å². The fraction of sp³-hybridized carbons (Fsp3) is 0.500. The summed E-state index contributed by atoms with van der Waals surface area (Å²) in [6, 6.07) is -1.07. The molecule has 15 heavy (non-hydrogen) atoms. The Hall–Kier alpha value is -0.660. The molecule has 0 aliphatic rings. The number of hydrogen-bond acceptors (Lipinski definition) is 4. The fourth-order valence-electron chi connectivity index (χ4n) is 1.07. The van der Waals surface area contributed by atoms with Gasteiger partial charge in [-0.2, -0.15) is 0 Å². The van der Waals surface area contributed by atoms with E-state index in [0.29, 0.717) is 23.4 Å². The molecule has 0 amide bonds. The standard InChI is InChI=1S/C8H11BrF2N4/c9-8-14-3-5(4-15-8)6(7(10)11)13-2-1-12/h3-4,6-7,13H,1-2,12H2. The maximum absolute atomic E-state index is 12.6. The van der Waals surface area contributed by atoms with E-state index in [9.17, 15) is 8.78 Å². The zero-order valence-electron chi connectivity index (χ0n) is 7.83. The molecule has 1 aromatic rings. The lowest BCUT2D eigenvalue weighted by Gasteiger charge is -2.16. The van der Waals surface area contributed by atoms with Crippen molar-refractivity contribution in [2.45, 2.75) is 12.5 Å². The van der Waals surface area contributed by atoms with E-state index in [2.05, 4.69) is 31.2 Å². The van der Waals surface area contributed by atoms with E-state index in [0.717, 1.165) is 0 Å². The molecule has 84 valence electrons. The topological polar surface area (TPSA) is 63.8 Å². The van der Waals surface area contributed by atoms with E-state index in [4.69, 9.17) is 5.73 Å². The van der Waals surface area contributed by atoms with Gasteiger partial charge in [0.2, 0.25) is 0 Å². The summed E-state index contributed by atoms with van der Waals surface area (Å²) in [5.41, 5.74) is 5.58. The molecule has 0 spiro atoms. The minimum atomic E-state index is -2.51. The Bertz CT molecular complexity index is 293. The second kappa shape index (κ2) is 6.04. The monoisotopic (exact) mass is 280 g/mol. The normalized spacial score (nSPS) is 13.1. The van der Waals surface area contributed by atoms with Crippen LogP contribution in [0.4, 0.5) is 8.78 Å². The summed E-state index contributed by atoms with van der Waals surface area (Å²) in [7, 11) is 0. The molecule has 1 heterocycles. The minimum Gasteiger partial charge on any atom is -0.329 e. The SMILES string of the molecule is NCCNC(c1cnc(Br)nc1)C(F)F. The van der Waals surface area contributed by atoms with Gasteiger partial charge in [0.05, 0.1) is 6.04 Å². The van der Waals surface area contributed by atoms with Crippen LogP contribution in [0.2, 0.25) is 0 Å². The molecule has 7 heteroatoms. The third-order valence-corrected chi connectivity index (χ3v) is 2.17. The number of nitrogens with zero attached hydrogens (tertiary/aromatic N) is 2. The van der Waals surface area contributed by atoms with Gasteiger partial charge in [0.25, 0.3) is 6.43 Å². The second-order valence-corrected chi connectivity index (χ2v) is 3.55. The average molecular weight is 281 g/mol. The second-order valence-electron chi connectivity index (χ2n) is 2.84. The summed E-state index contributed by atoms with van der Waals surface area (Å²) in [6.07, 6.45) is 0.204. The van der Waals surface area contributed by atoms with Gasteiger partial charge in [-0.3, -0.25) is 0 Å². The molecule has 3 N–H and O–H groups in total. The molecule has 0 bridgehead atoms. The molecule has 0 aliphatic heterocycles. The van der Waals surface area contributed by atoms with Gasteiger partial charge in [-0.05, 0) is 15.9 Å². The molecule has 0 radical (unpaired) electrons. The van der Waals surface area contributed by atoms with E-state index >= 15 is 0 Å². The number of aromatic nitrogens is 2. The van der Waals surface area contributed by atoms with Gasteiger partial charge in [-0.1, -0.05) is 0 Å². The highest BCUT2D eigenvalue weighted by atomic mass is 79.9. The molecule has 0 aliphatic carbocycles. The van der Waals surface area contributed by atoms with Crippen LogP contribution in [0.1, 0.15) is 11.6 Å². The van der Waals surface area contributed by atoms with Crippen LogP contribution < -0.4 is 11.1 Å². The van der Waals surface area contributed by atoms with Crippen LogP contribution in [-0.4, -0.2) is 29.5 Å². The van der Waals surface area contributed by atoms with E-state index in [1.807, 2.05) is 0 Å². The smallest absolute Gasteiger partial charge is 0.257 e. The first-order valence-corrected chi connectivity index (χ1v) is 5.13. The van der Waals surface area contributed by atoms with E-state index in [1.54, 1.807) is 0 Å². The van der Waals surface area contributed by atoms with Crippen LogP contribution in [0.3, 0.4) is 0 Å². The summed E-state index contributed by atoms with van der Waals surface area (Å²) >= 11 is 3.03. The van der Waals surface area contributed by atoms with Crippen molar-refractivity contribution in [3.63, 3.8) is 0 Å². The van der Waals surface area contributed by atoms with Gasteiger partial charge in [0.1, 0.15) is 0 Å². The highest BCUT2D eigenvalue weighted by Gasteiger charge is 2.22. The van der Waals surface area contributed by atoms with Crippen LogP contribution in [0.25, 0.3) is 0 Å². The molecular formula is C8H11BrF2N4. The average Bonchev–Trinajstić information content (AvgIpc) is 2.21. The van der Waals surface area contributed by atoms with Crippen LogP contribution in [0.15, 0.2) is 17.1 Å². The molecule has 0 saturated heterocycles. The molecule has 1 atom stereocenters. The van der Waals surface area contributed by atoms with Gasteiger partial charge in [0, 0.05) is 31.0 Å². The van der Waals surface area contributed by atoms with Crippen molar-refractivity contribution in [2.24, 2.45) is 5.73 Å². The Morgan fingerprint density at radius 2 is 2.00 bits per heavy atom. The van der Waals surface area contributed by atoms with E-state index in [-0.39, 0.29) is 0 Å². The first kappa shape index (κ1) is 12.4. The molecule has 0 fully saturated rings. The molecule has 0 aromatic carbocycles. The third-order valence-electron chi connectivity index (χ3n) is 1.76. The van der Waals surface area contributed by atoms with Gasteiger partial charge in [-0.15, -0.1) is 0 Å². The van der Waals surface area contributed by atoms with Crippen LogP contribution in [0, 0.1) is 0 Å². The molecule has 1 rings (SSSR count). The lowest BCUT2D eigenvalue weighted by atomic mass is 10.1. The van der Waals surface area contributed by atoms with Gasteiger partial charge < -0.3 is 11.1 Å². The first-order chi connectivity index (χ1) is 7.15. The largest absolute Gasteiger partial charge is 0.329 e. The van der Waals surface area contributed by atoms with Crippen molar-refractivity contribution < 1.29 is 8.78 Å². The number of rotatable bonds is 5. The molecule has 4 nitrogen and oxygen atoms in total. The number of nitrogens with two attached hydrogens (primary N) is 1. The summed E-state index contributed by atoms with van der Waals surface area (Å²) < 4.78 is 25.6. The lowest BCUT2D eigenvalue weighted by Crippen LogP contribution is -2.31. The fourth-order valence-corrected chi connectivity index (χ4v) is 1.28. The summed E-state index contributed by atoms with van der Waals surface area (Å²) in [5, 5.41) is 2.63. The Labute approximate surface area is 94.4 Å². The maximum atomic E-state index is 12.6. The Balaban J connectivity index is 2.74. The van der Waals surface area contributed by atoms with Gasteiger partial charge in [0.15, 0.2) is 4.73 Å². The molecular weight excluding hydrogens is 270 g/mol. The number of halogens is 3. The highest BCUT2D eigenvalue weighted by Crippen LogP contribution is 2.19. The Morgan fingerprint density at radius 3 is 2.47 bits per heavy atom. The van der Waals surface area contributed by atoms with E-state index in [1.165, 1.54) is 12.4 Å². The highest BCUT2D eigenvalue weighted by molar-refractivity contribution is 9.10. The maximum Gasteiger partial charge on any atom is 0.257 e. The summed E-state index contributed by atoms with van der Waals surface area (Å²) in [4.78, 5) is 7.58. The third kappa shape index (κ3) is 3.77. The zero-order valence-corrected chi connectivity index (χ0v) is 9.42. The molecule has 0 saturated carbocycles. The van der Waals surface area contributed by atoms with Crippen molar-refractivity contribution >= 4 is 15.9 Å². The molecule has 1 unspecified atom stereocenters. The lowest BCUT2D eigenvalue weighted by molar-refractivity contribution is 0.0986. The predicted octanol–water partition coefficient (Wildman–Crippen LogP) is 1.09. The Morgan fingerprint density at radius 1 is 1.40 bits per heavy atom. The zero-order chi connectivity index (χ0) is 11.3. The summed E-state index contributed by atoms with van der Waals surface area (Å²) in [5.74, 6) is 0. The van der Waals surface area contributed by atoms with Crippen LogP contribution in [0.5, 0.6) is 0 Å². The van der Waals surface area contributed by atoms with Crippen molar-refractivity contribution in [1.29, 1.82) is 0 Å². The molecule has 1 aromatic heterocycles. The number of nitrogens with one attached hydrogen (secondary N) is 1. The first-order valence-electron chi connectivity index (χ1n) is 4.34. The minimum absolute atomic E-state index is 0.306. The van der Waals surface area contributed by atoms with Crippen molar-refractivity contribution in [3.05, 3.63) is 22.7 Å². The van der Waals surface area contributed by atoms with E-state index < -0.39 is 12.5 Å². The quantitative estimate of drug-likeness (QED) is 0.793. The van der Waals surface area contributed by atoms with Crippen LogP contribution in [-0.2, 0) is 0 Å².